The molecule has 1 atom stereocenters. The summed E-state index contributed by atoms with van der Waals surface area (Å²) in [4.78, 5) is 23.3. The summed E-state index contributed by atoms with van der Waals surface area (Å²) in [5, 5.41) is 2.27. The van der Waals surface area contributed by atoms with Gasteiger partial charge in [-0.05, 0) is 35.9 Å². The van der Waals surface area contributed by atoms with Gasteiger partial charge in [-0.15, -0.1) is 0 Å². The number of halogens is 13. The second-order valence-corrected chi connectivity index (χ2v) is 8.86. The summed E-state index contributed by atoms with van der Waals surface area (Å²) in [6.45, 7) is -0.986. The molecule has 1 unspecified atom stereocenters. The number of carbonyl (C=O) groups is 2. The van der Waals surface area contributed by atoms with Gasteiger partial charge in [0.15, 0.2) is 0 Å². The van der Waals surface area contributed by atoms with Crippen molar-refractivity contribution in [3.8, 4) is 0 Å². The third-order valence-corrected chi connectivity index (χ3v) is 5.97. The Balaban J connectivity index is 2.40. The Bertz CT molecular complexity index is 1250. The summed E-state index contributed by atoms with van der Waals surface area (Å²) in [6.07, 6.45) is -17.3. The molecule has 214 valence electrons. The Kier molecular flexibility index (Phi) is 10.2. The molecule has 2 N–H and O–H groups in total. The van der Waals surface area contributed by atoms with E-state index in [1.54, 1.807) is 10.6 Å². The summed E-state index contributed by atoms with van der Waals surface area (Å²) in [7, 11) is 0. The number of carbonyl (C=O) groups excluding carboxylic acids is 2. The maximum atomic E-state index is 14.9. The number of hydrogen-bond acceptors (Lipinski definition) is 2. The van der Waals surface area contributed by atoms with Crippen LogP contribution in [-0.2, 0) is 11.0 Å². The Hall–Kier alpha value is -2.71. The highest BCUT2D eigenvalue weighted by Gasteiger charge is 2.41. The summed E-state index contributed by atoms with van der Waals surface area (Å²) in [6, 6.07) is 2.59. The van der Waals surface area contributed by atoms with Gasteiger partial charge >= 0.3 is 18.5 Å². The van der Waals surface area contributed by atoms with Crippen LogP contribution in [0.1, 0.15) is 39.4 Å². The fraction of sp³-hybridized carbons (Fsp3) is 0.273. The smallest absolute Gasteiger partial charge is 0.338 e. The fourth-order valence-electron chi connectivity index (χ4n) is 3.07. The standard InChI is InChI=1S/C22H13Cl3F10N2O2/c23-14-4-10(5-15(24)18(14)25)12(21(30,31)32)6-16(26)9-1-2-11(13(3-9)22(33,34)35)19(39)37-8-36-17(38)7-20(27,28)29/h1-6,12H,7-8H2,(H,36,38)(H,37,39)/b16-6-. The van der Waals surface area contributed by atoms with Gasteiger partial charge < -0.3 is 10.6 Å². The molecule has 0 fully saturated rings. The molecule has 0 aliphatic rings. The number of amides is 2. The van der Waals surface area contributed by atoms with Crippen molar-refractivity contribution in [2.75, 3.05) is 6.67 Å². The van der Waals surface area contributed by atoms with Crippen LogP contribution in [0.2, 0.25) is 15.1 Å². The van der Waals surface area contributed by atoms with E-state index in [9.17, 15) is 53.5 Å². The van der Waals surface area contributed by atoms with Gasteiger partial charge in [0.2, 0.25) is 5.91 Å². The van der Waals surface area contributed by atoms with Crippen molar-refractivity contribution in [3.05, 3.63) is 73.7 Å². The van der Waals surface area contributed by atoms with Crippen molar-refractivity contribution in [1.29, 1.82) is 0 Å². The molecule has 2 amide bonds. The van der Waals surface area contributed by atoms with E-state index < -0.39 is 87.5 Å². The van der Waals surface area contributed by atoms with E-state index in [0.717, 1.165) is 12.1 Å². The molecule has 0 heterocycles. The predicted molar refractivity (Wildman–Crippen MR) is 122 cm³/mol. The first-order valence-electron chi connectivity index (χ1n) is 10.1. The minimum absolute atomic E-state index is 0.0265. The van der Waals surface area contributed by atoms with Crippen LogP contribution in [0.3, 0.4) is 0 Å². The second-order valence-electron chi connectivity index (χ2n) is 7.67. The Morgan fingerprint density at radius 2 is 1.44 bits per heavy atom. The van der Waals surface area contributed by atoms with Crippen LogP contribution in [0, 0.1) is 0 Å². The Morgan fingerprint density at radius 3 is 1.92 bits per heavy atom. The lowest BCUT2D eigenvalue weighted by atomic mass is 9.95. The average molecular weight is 634 g/mol. The normalized spacial score (nSPS) is 13.7. The van der Waals surface area contributed by atoms with Crippen molar-refractivity contribution in [3.63, 3.8) is 0 Å². The van der Waals surface area contributed by atoms with Crippen LogP contribution >= 0.6 is 34.8 Å². The highest BCUT2D eigenvalue weighted by atomic mass is 35.5. The van der Waals surface area contributed by atoms with E-state index in [0.29, 0.717) is 12.1 Å². The lowest BCUT2D eigenvalue weighted by molar-refractivity contribution is -0.153. The first-order chi connectivity index (χ1) is 17.7. The van der Waals surface area contributed by atoms with Gasteiger partial charge in [-0.1, -0.05) is 40.9 Å². The van der Waals surface area contributed by atoms with E-state index >= 15 is 0 Å². The van der Waals surface area contributed by atoms with Crippen molar-refractivity contribution in [2.45, 2.75) is 30.9 Å². The molecule has 2 rings (SSSR count). The van der Waals surface area contributed by atoms with Crippen molar-refractivity contribution in [2.24, 2.45) is 0 Å². The molecule has 0 bridgehead atoms. The zero-order chi connectivity index (χ0) is 29.9. The third kappa shape index (κ3) is 9.17. The zero-order valence-electron chi connectivity index (χ0n) is 18.7. The molecule has 0 spiro atoms. The molecule has 0 saturated carbocycles. The van der Waals surface area contributed by atoms with E-state index in [4.69, 9.17) is 34.8 Å². The second kappa shape index (κ2) is 12.2. The molecule has 0 radical (unpaired) electrons. The molecule has 0 aliphatic carbocycles. The molecule has 39 heavy (non-hydrogen) atoms. The van der Waals surface area contributed by atoms with Crippen LogP contribution < -0.4 is 10.6 Å². The van der Waals surface area contributed by atoms with Crippen LogP contribution in [0.4, 0.5) is 43.9 Å². The van der Waals surface area contributed by atoms with Gasteiger partial charge in [0.05, 0.1) is 32.9 Å². The average Bonchev–Trinajstić information content (AvgIpc) is 2.77. The maximum Gasteiger partial charge on any atom is 0.417 e. The Labute approximate surface area is 227 Å². The third-order valence-electron chi connectivity index (χ3n) is 4.77. The van der Waals surface area contributed by atoms with Crippen LogP contribution in [0.25, 0.3) is 5.83 Å². The van der Waals surface area contributed by atoms with E-state index in [-0.39, 0.29) is 17.2 Å². The highest BCUT2D eigenvalue weighted by Crippen LogP contribution is 2.42. The van der Waals surface area contributed by atoms with Gasteiger partial charge in [-0.25, -0.2) is 4.39 Å². The molecule has 4 nitrogen and oxygen atoms in total. The molecule has 0 saturated heterocycles. The van der Waals surface area contributed by atoms with E-state index in [2.05, 4.69) is 0 Å². The number of nitrogens with one attached hydrogen (secondary N) is 2. The van der Waals surface area contributed by atoms with E-state index in [1.807, 2.05) is 0 Å². The zero-order valence-corrected chi connectivity index (χ0v) is 21.0. The molecule has 0 aromatic heterocycles. The lowest BCUT2D eigenvalue weighted by Gasteiger charge is -2.19. The molecule has 2 aromatic carbocycles. The van der Waals surface area contributed by atoms with Crippen LogP contribution in [0.5, 0.6) is 0 Å². The minimum atomic E-state index is -5.32. The van der Waals surface area contributed by atoms with E-state index in [1.165, 1.54) is 0 Å². The molecule has 2 aromatic rings. The quantitative estimate of drug-likeness (QED) is 0.184. The largest absolute Gasteiger partial charge is 0.417 e. The van der Waals surface area contributed by atoms with Gasteiger partial charge in [0.1, 0.15) is 18.2 Å². The monoisotopic (exact) mass is 632 g/mol. The minimum Gasteiger partial charge on any atom is -0.338 e. The summed E-state index contributed by atoms with van der Waals surface area (Å²) >= 11 is 17.2. The van der Waals surface area contributed by atoms with Gasteiger partial charge in [0.25, 0.3) is 5.91 Å². The molecular weight excluding hydrogens is 621 g/mol. The fourth-order valence-corrected chi connectivity index (χ4v) is 3.68. The highest BCUT2D eigenvalue weighted by molar-refractivity contribution is 6.48. The SMILES string of the molecule is O=C(CC(F)(F)F)NCNC(=O)c1ccc(/C(F)=C/C(c2cc(Cl)c(Cl)c(Cl)c2)C(F)(F)F)cc1C(F)(F)F. The van der Waals surface area contributed by atoms with Gasteiger partial charge in [-0.3, -0.25) is 9.59 Å². The molecule has 17 heteroatoms. The van der Waals surface area contributed by atoms with Gasteiger partial charge in [-0.2, -0.15) is 39.5 Å². The maximum absolute atomic E-state index is 14.9. The van der Waals surface area contributed by atoms with Crippen molar-refractivity contribution >= 4 is 52.4 Å². The van der Waals surface area contributed by atoms with Gasteiger partial charge in [0, 0.05) is 5.56 Å². The summed E-state index contributed by atoms with van der Waals surface area (Å²) < 4.78 is 133. The van der Waals surface area contributed by atoms with Crippen LogP contribution in [0.15, 0.2) is 36.4 Å². The topological polar surface area (TPSA) is 58.2 Å². The first-order valence-corrected chi connectivity index (χ1v) is 11.3. The summed E-state index contributed by atoms with van der Waals surface area (Å²) in [5.74, 6) is -7.58. The molecular formula is C22H13Cl3F10N2O2. The number of allylic oxidation sites excluding steroid dienone is 1. The lowest BCUT2D eigenvalue weighted by Crippen LogP contribution is -2.39. The summed E-state index contributed by atoms with van der Waals surface area (Å²) in [5.41, 5.74) is -4.58. The number of benzene rings is 2. The van der Waals surface area contributed by atoms with Crippen molar-refractivity contribution in [1.82, 2.24) is 10.6 Å². The number of alkyl halides is 9. The first kappa shape index (κ1) is 32.5. The number of rotatable bonds is 7. The molecule has 0 aliphatic heterocycles. The Morgan fingerprint density at radius 1 is 0.872 bits per heavy atom. The predicted octanol–water partition coefficient (Wildman–Crippen LogP) is 8.08. The number of hydrogen-bond donors (Lipinski definition) is 2. The van der Waals surface area contributed by atoms with Crippen LogP contribution in [-0.4, -0.2) is 30.8 Å². The van der Waals surface area contributed by atoms with Crippen molar-refractivity contribution < 1.29 is 53.5 Å².